The molecule has 1 saturated heterocycles. The summed E-state index contributed by atoms with van der Waals surface area (Å²) in [5.74, 6) is -0.596. The maximum atomic E-state index is 12.0. The molecule has 0 radical (unpaired) electrons. The molecule has 1 atom stereocenters. The standard InChI is InChI=1S/C15H23NO2S/c1-3-9-16-10-5-7-14(12-16)13-6-4-8-15(11-13)19(2,17)18/h4,6,8,11,14H,3,5,7,9-10,12H2,1-2H3/t14-/m1/s1/i3D2,4D,6D,8D,9D2,11D. The summed E-state index contributed by atoms with van der Waals surface area (Å²) in [6.07, 6.45) is -0.366. The molecule has 19 heavy (non-hydrogen) atoms. The first-order chi connectivity index (χ1) is 12.1. The summed E-state index contributed by atoms with van der Waals surface area (Å²) in [5, 5.41) is 0. The summed E-state index contributed by atoms with van der Waals surface area (Å²) in [6.45, 7) is -0.852. The number of rotatable bonds is 4. The summed E-state index contributed by atoms with van der Waals surface area (Å²) in [7, 11) is -3.96. The monoisotopic (exact) mass is 289 g/mol. The average molecular weight is 289 g/mol. The first-order valence-corrected chi connectivity index (χ1v) is 8.05. The van der Waals surface area contributed by atoms with E-state index in [9.17, 15) is 8.42 Å². The summed E-state index contributed by atoms with van der Waals surface area (Å²) in [6, 6.07) is -2.14. The third kappa shape index (κ3) is 3.80. The van der Waals surface area contributed by atoms with Gasteiger partial charge in [-0.2, -0.15) is 0 Å². The minimum atomic E-state index is -3.96. The van der Waals surface area contributed by atoms with Crippen molar-refractivity contribution in [3.8, 4) is 0 Å². The number of hydrogen-bond donors (Lipinski definition) is 0. The Kier molecular flexibility index (Phi) is 2.30. The van der Waals surface area contributed by atoms with Crippen molar-refractivity contribution in [2.45, 2.75) is 37.0 Å². The Morgan fingerprint density at radius 3 is 3.00 bits per heavy atom. The maximum absolute atomic E-state index is 12.0. The van der Waals surface area contributed by atoms with Crippen LogP contribution in [0.5, 0.6) is 0 Å². The molecular weight excluding hydrogens is 258 g/mol. The number of benzene rings is 1. The fourth-order valence-corrected chi connectivity index (χ4v) is 2.73. The predicted octanol–water partition coefficient (Wildman–Crippen LogP) is 2.68. The van der Waals surface area contributed by atoms with E-state index >= 15 is 0 Å². The fraction of sp³-hybridized carbons (Fsp3) is 0.600. The van der Waals surface area contributed by atoms with Crippen molar-refractivity contribution in [1.82, 2.24) is 4.90 Å². The molecule has 4 heteroatoms. The van der Waals surface area contributed by atoms with E-state index in [2.05, 4.69) is 0 Å². The highest BCUT2D eigenvalue weighted by atomic mass is 32.2. The van der Waals surface area contributed by atoms with E-state index < -0.39 is 57.7 Å². The van der Waals surface area contributed by atoms with Crippen LogP contribution in [0.15, 0.2) is 29.1 Å². The van der Waals surface area contributed by atoms with Crippen molar-refractivity contribution in [2.75, 3.05) is 25.8 Å². The Morgan fingerprint density at radius 1 is 1.53 bits per heavy atom. The smallest absolute Gasteiger partial charge is 0.175 e. The number of likely N-dealkylation sites (tertiary alicyclic amines) is 1. The van der Waals surface area contributed by atoms with Gasteiger partial charge in [-0.25, -0.2) is 8.42 Å². The molecule has 0 aromatic heterocycles. The van der Waals surface area contributed by atoms with Crippen LogP contribution in [0.3, 0.4) is 0 Å². The van der Waals surface area contributed by atoms with E-state index in [1.165, 1.54) is 4.90 Å². The molecule has 1 aliphatic rings. The second kappa shape index (κ2) is 6.06. The lowest BCUT2D eigenvalue weighted by Crippen LogP contribution is -2.34. The third-order valence-electron chi connectivity index (χ3n) is 3.09. The van der Waals surface area contributed by atoms with Crippen LogP contribution >= 0.6 is 0 Å². The molecule has 0 aliphatic carbocycles. The van der Waals surface area contributed by atoms with E-state index in [0.717, 1.165) is 13.2 Å². The lowest BCUT2D eigenvalue weighted by atomic mass is 9.90. The molecule has 0 saturated carbocycles. The third-order valence-corrected chi connectivity index (χ3v) is 4.04. The Bertz CT molecular complexity index is 851. The average Bonchev–Trinajstić information content (AvgIpc) is 2.51. The van der Waals surface area contributed by atoms with Gasteiger partial charge in [0.15, 0.2) is 9.84 Å². The van der Waals surface area contributed by atoms with Gasteiger partial charge in [-0.15, -0.1) is 0 Å². The largest absolute Gasteiger partial charge is 0.303 e. The minimum Gasteiger partial charge on any atom is -0.303 e. The molecule has 1 heterocycles. The molecule has 1 aliphatic heterocycles. The van der Waals surface area contributed by atoms with Crippen LogP contribution in [0.25, 0.3) is 0 Å². The van der Waals surface area contributed by atoms with Crippen LogP contribution in [0, 0.1) is 0 Å². The maximum Gasteiger partial charge on any atom is 0.175 e. The Balaban J connectivity index is 2.57. The van der Waals surface area contributed by atoms with E-state index in [-0.39, 0.29) is 12.1 Å². The van der Waals surface area contributed by atoms with Gasteiger partial charge in [0.2, 0.25) is 0 Å². The zero-order chi connectivity index (χ0) is 20.9. The van der Waals surface area contributed by atoms with Crippen LogP contribution in [-0.2, 0) is 9.84 Å². The van der Waals surface area contributed by atoms with Crippen LogP contribution in [0.4, 0.5) is 0 Å². The van der Waals surface area contributed by atoms with Crippen LogP contribution in [-0.4, -0.2) is 39.2 Å². The van der Waals surface area contributed by atoms with Crippen molar-refractivity contribution < 1.29 is 19.4 Å². The van der Waals surface area contributed by atoms with Gasteiger partial charge in [-0.1, -0.05) is 19.0 Å². The van der Waals surface area contributed by atoms with Gasteiger partial charge in [0.1, 0.15) is 0 Å². The van der Waals surface area contributed by atoms with Crippen molar-refractivity contribution in [3.63, 3.8) is 0 Å². The fourth-order valence-electron chi connectivity index (χ4n) is 2.20. The Morgan fingerprint density at radius 2 is 2.32 bits per heavy atom. The van der Waals surface area contributed by atoms with Crippen molar-refractivity contribution in [2.24, 2.45) is 0 Å². The summed E-state index contributed by atoms with van der Waals surface area (Å²) < 4.78 is 87.9. The van der Waals surface area contributed by atoms with Crippen molar-refractivity contribution in [1.29, 1.82) is 0 Å². The molecule has 106 valence electrons. The topological polar surface area (TPSA) is 37.4 Å². The second-order valence-electron chi connectivity index (χ2n) is 4.66. The normalized spacial score (nSPS) is 29.1. The van der Waals surface area contributed by atoms with Gasteiger partial charge in [-0.05, 0) is 55.8 Å². The van der Waals surface area contributed by atoms with Gasteiger partial charge in [-0.3, -0.25) is 0 Å². The van der Waals surface area contributed by atoms with E-state index in [1.54, 1.807) is 0 Å². The van der Waals surface area contributed by atoms with E-state index in [4.69, 9.17) is 11.0 Å². The van der Waals surface area contributed by atoms with E-state index in [1.807, 2.05) is 0 Å². The molecule has 3 nitrogen and oxygen atoms in total. The summed E-state index contributed by atoms with van der Waals surface area (Å²) >= 11 is 0. The molecule has 0 N–H and O–H groups in total. The number of piperidine rings is 1. The highest BCUT2D eigenvalue weighted by Crippen LogP contribution is 2.28. The zero-order valence-electron chi connectivity index (χ0n) is 19.1. The first-order valence-electron chi connectivity index (χ1n) is 10.2. The van der Waals surface area contributed by atoms with Gasteiger partial charge in [0.25, 0.3) is 0 Å². The lowest BCUT2D eigenvalue weighted by molar-refractivity contribution is 0.208. The van der Waals surface area contributed by atoms with Gasteiger partial charge in [0, 0.05) is 18.3 Å². The van der Waals surface area contributed by atoms with Gasteiger partial charge >= 0.3 is 0 Å². The Labute approximate surface area is 127 Å². The highest BCUT2D eigenvalue weighted by molar-refractivity contribution is 7.90. The van der Waals surface area contributed by atoms with E-state index in [0.29, 0.717) is 19.4 Å². The highest BCUT2D eigenvalue weighted by Gasteiger charge is 2.21. The molecule has 0 unspecified atom stereocenters. The summed E-state index contributed by atoms with van der Waals surface area (Å²) in [5.41, 5.74) is 0.00795. The molecular formula is C15H23NO2S. The number of sulfone groups is 1. The van der Waals surface area contributed by atoms with Crippen LogP contribution < -0.4 is 0 Å². The van der Waals surface area contributed by atoms with Crippen LogP contribution in [0.1, 0.15) is 48.6 Å². The predicted molar refractivity (Wildman–Crippen MR) is 78.3 cm³/mol. The molecule has 1 aromatic carbocycles. The molecule has 0 amide bonds. The lowest BCUT2D eigenvalue weighted by Gasteiger charge is -2.32. The molecule has 1 aromatic rings. The molecule has 1 fully saturated rings. The molecule has 0 spiro atoms. The SMILES string of the molecule is [2H]c1c([2H])c([C@@H]2CCCN(C([2H])([2H])C([2H])([2H])C)C2)c([2H])c(S(C)(=O)=O)c1[2H]. The van der Waals surface area contributed by atoms with Gasteiger partial charge < -0.3 is 4.90 Å². The zero-order valence-corrected chi connectivity index (χ0v) is 11.9. The number of nitrogens with zero attached hydrogens (tertiary/aromatic N) is 1. The number of hydrogen-bond acceptors (Lipinski definition) is 3. The van der Waals surface area contributed by atoms with Crippen molar-refractivity contribution in [3.05, 3.63) is 29.7 Å². The summed E-state index contributed by atoms with van der Waals surface area (Å²) in [4.78, 5) is 0.711. The minimum absolute atomic E-state index is 0.00189. The first kappa shape index (κ1) is 7.23. The van der Waals surface area contributed by atoms with Crippen LogP contribution in [0.2, 0.25) is 0 Å². The van der Waals surface area contributed by atoms with Gasteiger partial charge in [0.05, 0.1) is 10.4 Å². The molecule has 0 bridgehead atoms. The Hall–Kier alpha value is -0.870. The second-order valence-corrected chi connectivity index (χ2v) is 6.61. The molecule has 2 rings (SSSR count). The van der Waals surface area contributed by atoms with Crippen molar-refractivity contribution >= 4 is 9.84 Å². The quantitative estimate of drug-likeness (QED) is 0.855.